The molecule has 1 heterocycles. The van der Waals surface area contributed by atoms with Crippen molar-refractivity contribution in [1.29, 1.82) is 0 Å². The number of benzene rings is 1. The molecule has 1 aromatic carbocycles. The number of aromatic nitrogens is 1. The van der Waals surface area contributed by atoms with Crippen molar-refractivity contribution in [1.82, 2.24) is 5.16 Å². The maximum Gasteiger partial charge on any atom is 0.172 e. The molecule has 0 spiro atoms. The quantitative estimate of drug-likeness (QED) is 0.885. The van der Waals surface area contributed by atoms with Crippen molar-refractivity contribution in [3.63, 3.8) is 0 Å². The SMILES string of the molecule is COc1cc(Br)c(O)c(-c2cc(N)no2)c1. The van der Waals surface area contributed by atoms with Crippen LogP contribution in [0.4, 0.5) is 5.82 Å². The highest BCUT2D eigenvalue weighted by Gasteiger charge is 2.14. The van der Waals surface area contributed by atoms with Crippen molar-refractivity contribution < 1.29 is 14.4 Å². The fraction of sp³-hybridized carbons (Fsp3) is 0.100. The zero-order valence-corrected chi connectivity index (χ0v) is 9.98. The first-order valence-electron chi connectivity index (χ1n) is 4.41. The molecule has 84 valence electrons. The van der Waals surface area contributed by atoms with E-state index in [-0.39, 0.29) is 11.6 Å². The van der Waals surface area contributed by atoms with Crippen molar-refractivity contribution >= 4 is 21.7 Å². The average molecular weight is 285 g/mol. The van der Waals surface area contributed by atoms with E-state index in [1.807, 2.05) is 0 Å². The third kappa shape index (κ3) is 1.83. The number of nitrogens with two attached hydrogens (primary N) is 1. The minimum Gasteiger partial charge on any atom is -0.506 e. The van der Waals surface area contributed by atoms with Gasteiger partial charge in [0.25, 0.3) is 0 Å². The van der Waals surface area contributed by atoms with Crippen LogP contribution in [-0.2, 0) is 0 Å². The molecule has 0 fully saturated rings. The Morgan fingerprint density at radius 3 is 2.75 bits per heavy atom. The molecule has 16 heavy (non-hydrogen) atoms. The second-order valence-corrected chi connectivity index (χ2v) is 3.98. The molecule has 2 rings (SSSR count). The molecule has 0 aliphatic heterocycles. The number of halogens is 1. The van der Waals surface area contributed by atoms with Gasteiger partial charge in [-0.15, -0.1) is 0 Å². The van der Waals surface area contributed by atoms with Crippen LogP contribution in [0.15, 0.2) is 27.2 Å². The standard InChI is InChI=1S/C10H9BrN2O3/c1-15-5-2-6(10(14)7(11)3-5)8-4-9(12)13-16-8/h2-4,14H,1H3,(H2,12,13). The van der Waals surface area contributed by atoms with E-state index < -0.39 is 0 Å². The topological polar surface area (TPSA) is 81.5 Å². The maximum absolute atomic E-state index is 9.85. The van der Waals surface area contributed by atoms with E-state index in [1.165, 1.54) is 13.2 Å². The number of rotatable bonds is 2. The number of phenolic OH excluding ortho intramolecular Hbond substituents is 1. The fourth-order valence-corrected chi connectivity index (χ4v) is 1.73. The Balaban J connectivity index is 2.59. The van der Waals surface area contributed by atoms with Gasteiger partial charge in [0.05, 0.1) is 17.1 Å². The molecule has 0 saturated heterocycles. The summed E-state index contributed by atoms with van der Waals surface area (Å²) in [5, 5.41) is 13.4. The summed E-state index contributed by atoms with van der Waals surface area (Å²) in [7, 11) is 1.54. The van der Waals surface area contributed by atoms with Gasteiger partial charge in [-0.25, -0.2) is 0 Å². The van der Waals surface area contributed by atoms with Gasteiger partial charge in [-0.1, -0.05) is 5.16 Å². The van der Waals surface area contributed by atoms with Crippen LogP contribution in [0.25, 0.3) is 11.3 Å². The van der Waals surface area contributed by atoms with Gasteiger partial charge in [-0.3, -0.25) is 0 Å². The predicted octanol–water partition coefficient (Wildman–Crippen LogP) is 2.40. The van der Waals surface area contributed by atoms with Crippen molar-refractivity contribution in [2.75, 3.05) is 12.8 Å². The van der Waals surface area contributed by atoms with Crippen LogP contribution >= 0.6 is 15.9 Å². The normalized spacial score (nSPS) is 10.4. The van der Waals surface area contributed by atoms with E-state index in [1.54, 1.807) is 12.1 Å². The van der Waals surface area contributed by atoms with E-state index in [0.29, 0.717) is 21.5 Å². The minimum atomic E-state index is 0.0527. The molecule has 1 aromatic heterocycles. The average Bonchev–Trinajstić information content (AvgIpc) is 2.68. The van der Waals surface area contributed by atoms with Gasteiger partial charge >= 0.3 is 0 Å². The summed E-state index contributed by atoms with van der Waals surface area (Å²) < 4.78 is 10.6. The number of aromatic hydroxyl groups is 1. The van der Waals surface area contributed by atoms with Crippen LogP contribution in [0.2, 0.25) is 0 Å². The first-order valence-corrected chi connectivity index (χ1v) is 5.20. The Morgan fingerprint density at radius 1 is 1.44 bits per heavy atom. The highest BCUT2D eigenvalue weighted by atomic mass is 79.9. The lowest BCUT2D eigenvalue weighted by Crippen LogP contribution is -1.85. The van der Waals surface area contributed by atoms with Crippen LogP contribution in [0.1, 0.15) is 0 Å². The summed E-state index contributed by atoms with van der Waals surface area (Å²) in [6, 6.07) is 4.82. The maximum atomic E-state index is 9.85. The van der Waals surface area contributed by atoms with Gasteiger partial charge in [-0.2, -0.15) is 0 Å². The smallest absolute Gasteiger partial charge is 0.172 e. The summed E-state index contributed by atoms with van der Waals surface area (Å²) in [5.41, 5.74) is 5.91. The van der Waals surface area contributed by atoms with E-state index >= 15 is 0 Å². The molecule has 3 N–H and O–H groups in total. The largest absolute Gasteiger partial charge is 0.506 e. The van der Waals surface area contributed by atoms with Gasteiger partial charge in [0.2, 0.25) is 0 Å². The summed E-state index contributed by atoms with van der Waals surface area (Å²) in [6.45, 7) is 0. The number of hydrogen-bond donors (Lipinski definition) is 2. The monoisotopic (exact) mass is 284 g/mol. The molecular weight excluding hydrogens is 276 g/mol. The molecule has 0 radical (unpaired) electrons. The van der Waals surface area contributed by atoms with Crippen molar-refractivity contribution in [2.45, 2.75) is 0 Å². The number of nitrogen functional groups attached to an aromatic ring is 1. The predicted molar refractivity (Wildman–Crippen MR) is 62.3 cm³/mol. The molecule has 0 saturated carbocycles. The molecule has 0 aliphatic carbocycles. The number of nitrogens with zero attached hydrogens (tertiary/aromatic N) is 1. The van der Waals surface area contributed by atoms with Gasteiger partial charge in [0.15, 0.2) is 11.6 Å². The van der Waals surface area contributed by atoms with Crippen LogP contribution in [0.3, 0.4) is 0 Å². The Morgan fingerprint density at radius 2 is 2.19 bits per heavy atom. The van der Waals surface area contributed by atoms with E-state index in [4.69, 9.17) is 15.0 Å². The Kier molecular flexibility index (Phi) is 2.74. The van der Waals surface area contributed by atoms with Crippen LogP contribution in [0.5, 0.6) is 11.5 Å². The van der Waals surface area contributed by atoms with Gasteiger partial charge < -0.3 is 20.1 Å². The number of ether oxygens (including phenoxy) is 1. The summed E-state index contributed by atoms with van der Waals surface area (Å²) >= 11 is 3.22. The highest BCUT2D eigenvalue weighted by Crippen LogP contribution is 2.39. The molecule has 5 nitrogen and oxygen atoms in total. The Bertz CT molecular complexity index is 525. The van der Waals surface area contributed by atoms with Crippen molar-refractivity contribution in [2.24, 2.45) is 0 Å². The van der Waals surface area contributed by atoms with Gasteiger partial charge in [-0.05, 0) is 28.1 Å². The number of hydrogen-bond acceptors (Lipinski definition) is 5. The van der Waals surface area contributed by atoms with Crippen molar-refractivity contribution in [3.8, 4) is 22.8 Å². The molecule has 0 amide bonds. The molecule has 0 bridgehead atoms. The summed E-state index contributed by atoms with van der Waals surface area (Å²) in [4.78, 5) is 0. The molecule has 0 aliphatic rings. The Hall–Kier alpha value is -1.69. The zero-order valence-electron chi connectivity index (χ0n) is 8.40. The number of phenols is 1. The van der Waals surface area contributed by atoms with E-state index in [9.17, 15) is 5.11 Å². The summed E-state index contributed by atoms with van der Waals surface area (Å²) in [6.07, 6.45) is 0. The third-order valence-corrected chi connectivity index (χ3v) is 2.67. The van der Waals surface area contributed by atoms with E-state index in [2.05, 4.69) is 21.1 Å². The van der Waals surface area contributed by atoms with Crippen LogP contribution in [-0.4, -0.2) is 17.4 Å². The van der Waals surface area contributed by atoms with Crippen LogP contribution < -0.4 is 10.5 Å². The molecule has 0 unspecified atom stereocenters. The van der Waals surface area contributed by atoms with Gasteiger partial charge in [0.1, 0.15) is 11.5 Å². The lowest BCUT2D eigenvalue weighted by Gasteiger charge is -2.06. The third-order valence-electron chi connectivity index (χ3n) is 2.07. The zero-order chi connectivity index (χ0) is 11.7. The van der Waals surface area contributed by atoms with Gasteiger partial charge in [0, 0.05) is 6.07 Å². The minimum absolute atomic E-state index is 0.0527. The molecule has 6 heteroatoms. The number of methoxy groups -OCH3 is 1. The summed E-state index contributed by atoms with van der Waals surface area (Å²) in [5.74, 6) is 1.29. The fourth-order valence-electron chi connectivity index (χ4n) is 1.30. The second-order valence-electron chi connectivity index (χ2n) is 3.12. The molecule has 2 aromatic rings. The second kappa shape index (κ2) is 4.05. The van der Waals surface area contributed by atoms with Crippen LogP contribution in [0, 0.1) is 0 Å². The first-order chi connectivity index (χ1) is 7.61. The Labute approximate surface area is 99.9 Å². The van der Waals surface area contributed by atoms with E-state index in [0.717, 1.165) is 0 Å². The lowest BCUT2D eigenvalue weighted by molar-refractivity contribution is 0.408. The van der Waals surface area contributed by atoms with Crippen molar-refractivity contribution in [3.05, 3.63) is 22.7 Å². The lowest BCUT2D eigenvalue weighted by atomic mass is 10.1. The highest BCUT2D eigenvalue weighted by molar-refractivity contribution is 9.10. The molecular formula is C10H9BrN2O3. The first kappa shape index (κ1) is 10.8. The number of anilines is 1. The molecule has 0 atom stereocenters.